The average Bonchev–Trinajstić information content (AvgIpc) is 3.07. The van der Waals surface area contributed by atoms with Gasteiger partial charge in [-0.25, -0.2) is 5.32 Å². The van der Waals surface area contributed by atoms with Crippen molar-refractivity contribution in [1.29, 1.82) is 0 Å². The molecule has 2 unspecified atom stereocenters. The lowest BCUT2D eigenvalue weighted by molar-refractivity contribution is -0.630. The van der Waals surface area contributed by atoms with Gasteiger partial charge in [-0.3, -0.25) is 0 Å². The summed E-state index contributed by atoms with van der Waals surface area (Å²) in [4.78, 5) is 0. The maximum atomic E-state index is 9.70. The van der Waals surface area contributed by atoms with Crippen molar-refractivity contribution in [3.63, 3.8) is 0 Å². The third kappa shape index (κ3) is 11.8. The molecule has 25 heavy (non-hydrogen) atoms. The van der Waals surface area contributed by atoms with E-state index >= 15 is 0 Å². The zero-order valence-electron chi connectivity index (χ0n) is 17.1. The third-order valence-electron chi connectivity index (χ3n) is 5.53. The van der Waals surface area contributed by atoms with Gasteiger partial charge in [0.25, 0.3) is 6.23 Å². The van der Waals surface area contributed by atoms with Crippen LogP contribution in [0.1, 0.15) is 117 Å². The fourth-order valence-corrected chi connectivity index (χ4v) is 3.90. The van der Waals surface area contributed by atoms with Crippen molar-refractivity contribution in [2.24, 2.45) is 0 Å². The molecule has 1 rings (SSSR count). The highest BCUT2D eigenvalue weighted by Gasteiger charge is 2.27. The topological polar surface area (TPSA) is 35.3 Å². The summed E-state index contributed by atoms with van der Waals surface area (Å²) in [5.41, 5.74) is 0. The molecule has 2 N–H and O–H groups in total. The van der Waals surface area contributed by atoms with Crippen molar-refractivity contribution in [2.45, 2.75) is 129 Å². The van der Waals surface area contributed by atoms with E-state index in [-0.39, 0.29) is 6.23 Å². The van der Waals surface area contributed by atoms with Crippen molar-refractivity contribution in [3.8, 4) is 0 Å². The molecule has 0 saturated heterocycles. The van der Waals surface area contributed by atoms with Gasteiger partial charge in [-0.05, 0) is 6.42 Å². The number of unbranched alkanes of at least 4 members (excludes halogenated alkanes) is 14. The number of hydrogen-bond donors (Lipinski definition) is 2. The van der Waals surface area contributed by atoms with E-state index in [0.717, 1.165) is 13.0 Å². The highest BCUT2D eigenvalue weighted by molar-refractivity contribution is 5.55. The Morgan fingerprint density at radius 1 is 0.840 bits per heavy atom. The van der Waals surface area contributed by atoms with Crippen LogP contribution in [-0.4, -0.2) is 34.8 Å². The quantitative estimate of drug-likeness (QED) is 0.264. The zero-order chi connectivity index (χ0) is 18.2. The number of aliphatic hydroxyl groups is 1. The van der Waals surface area contributed by atoms with E-state index < -0.39 is 0 Å². The Hall–Kier alpha value is -0.410. The zero-order valence-corrected chi connectivity index (χ0v) is 17.1. The van der Waals surface area contributed by atoms with Crippen molar-refractivity contribution in [1.82, 2.24) is 5.32 Å². The Morgan fingerprint density at radius 3 is 1.72 bits per heavy atom. The van der Waals surface area contributed by atoms with Crippen LogP contribution in [0.4, 0.5) is 0 Å². The average molecular weight is 354 g/mol. The summed E-state index contributed by atoms with van der Waals surface area (Å²) in [6.45, 7) is 5.04. The molecule has 0 aliphatic carbocycles. The molecule has 0 aromatic rings. The fraction of sp³-hybridized carbons (Fsp3) is 0.955. The van der Waals surface area contributed by atoms with Crippen LogP contribution in [0.3, 0.4) is 0 Å². The SMILES string of the molecule is CCCCCCCCCCCCCCCCCC1NCC=[N+]1C(C)O. The molecule has 0 amide bonds. The molecule has 0 spiro atoms. The van der Waals surface area contributed by atoms with Crippen LogP contribution in [0.5, 0.6) is 0 Å². The lowest BCUT2D eigenvalue weighted by atomic mass is 10.0. The smallest absolute Gasteiger partial charge is 0.253 e. The molecule has 1 aliphatic rings. The van der Waals surface area contributed by atoms with Gasteiger partial charge in [0.15, 0.2) is 6.21 Å². The summed E-state index contributed by atoms with van der Waals surface area (Å²) >= 11 is 0. The maximum Gasteiger partial charge on any atom is 0.253 e. The molecule has 0 radical (unpaired) electrons. The summed E-state index contributed by atoms with van der Waals surface area (Å²) in [6, 6.07) is 0. The van der Waals surface area contributed by atoms with E-state index in [1.54, 1.807) is 0 Å². The van der Waals surface area contributed by atoms with Gasteiger partial charge >= 0.3 is 0 Å². The molecule has 2 atom stereocenters. The Balaban J connectivity index is 1.77. The van der Waals surface area contributed by atoms with Crippen molar-refractivity contribution in [3.05, 3.63) is 0 Å². The molecule has 0 saturated carbocycles. The van der Waals surface area contributed by atoms with E-state index in [0.29, 0.717) is 6.17 Å². The van der Waals surface area contributed by atoms with Crippen LogP contribution in [-0.2, 0) is 0 Å². The predicted molar refractivity (Wildman–Crippen MR) is 109 cm³/mol. The number of rotatable bonds is 17. The first-order chi connectivity index (χ1) is 12.3. The first kappa shape index (κ1) is 22.6. The van der Waals surface area contributed by atoms with Gasteiger partial charge < -0.3 is 5.11 Å². The van der Waals surface area contributed by atoms with E-state index in [9.17, 15) is 5.11 Å². The fourth-order valence-electron chi connectivity index (χ4n) is 3.90. The van der Waals surface area contributed by atoms with Crippen LogP contribution in [0.2, 0.25) is 0 Å². The number of aliphatic hydroxyl groups excluding tert-OH is 1. The van der Waals surface area contributed by atoms with Crippen LogP contribution in [0, 0.1) is 0 Å². The lowest BCUT2D eigenvalue weighted by Gasteiger charge is -2.12. The van der Waals surface area contributed by atoms with Crippen molar-refractivity contribution >= 4 is 6.21 Å². The van der Waals surface area contributed by atoms with E-state index in [1.165, 1.54) is 96.3 Å². The third-order valence-corrected chi connectivity index (χ3v) is 5.53. The molecule has 3 nitrogen and oxygen atoms in total. The van der Waals surface area contributed by atoms with E-state index in [2.05, 4.69) is 23.0 Å². The van der Waals surface area contributed by atoms with Gasteiger partial charge in [0.1, 0.15) is 0 Å². The summed E-state index contributed by atoms with van der Waals surface area (Å²) in [7, 11) is 0. The Bertz CT molecular complexity index is 328. The Labute approximate surface area is 157 Å². The highest BCUT2D eigenvalue weighted by Crippen LogP contribution is 2.14. The van der Waals surface area contributed by atoms with Crippen LogP contribution < -0.4 is 5.32 Å². The minimum absolute atomic E-state index is 0.349. The van der Waals surface area contributed by atoms with Crippen LogP contribution >= 0.6 is 0 Å². The first-order valence-electron chi connectivity index (χ1n) is 11.3. The molecular weight excluding hydrogens is 308 g/mol. The normalized spacial score (nSPS) is 18.5. The number of hydrogen-bond acceptors (Lipinski definition) is 2. The van der Waals surface area contributed by atoms with Gasteiger partial charge in [-0.15, -0.1) is 0 Å². The van der Waals surface area contributed by atoms with Crippen molar-refractivity contribution < 1.29 is 9.68 Å². The Kier molecular flexibility index (Phi) is 14.3. The molecule has 3 heteroatoms. The second-order valence-corrected chi connectivity index (χ2v) is 7.92. The second-order valence-electron chi connectivity index (χ2n) is 7.92. The molecule has 1 aliphatic heterocycles. The van der Waals surface area contributed by atoms with Gasteiger partial charge in [0.05, 0.1) is 6.54 Å². The minimum atomic E-state index is -0.364. The molecule has 0 bridgehead atoms. The van der Waals surface area contributed by atoms with E-state index in [1.807, 2.05) is 6.92 Å². The molecule has 0 fully saturated rings. The summed E-state index contributed by atoms with van der Waals surface area (Å²) in [5, 5.41) is 13.2. The summed E-state index contributed by atoms with van der Waals surface area (Å²) in [5.74, 6) is 0. The first-order valence-corrected chi connectivity index (χ1v) is 11.3. The summed E-state index contributed by atoms with van der Waals surface area (Å²) < 4.78 is 2.06. The largest absolute Gasteiger partial charge is 0.337 e. The van der Waals surface area contributed by atoms with Gasteiger partial charge in [-0.2, -0.15) is 4.58 Å². The van der Waals surface area contributed by atoms with Crippen molar-refractivity contribution in [2.75, 3.05) is 6.54 Å². The maximum absolute atomic E-state index is 9.70. The van der Waals surface area contributed by atoms with Crippen LogP contribution in [0.15, 0.2) is 0 Å². The number of nitrogens with zero attached hydrogens (tertiary/aromatic N) is 1. The lowest BCUT2D eigenvalue weighted by Crippen LogP contribution is -2.37. The van der Waals surface area contributed by atoms with Gasteiger partial charge in [-0.1, -0.05) is 96.8 Å². The molecule has 148 valence electrons. The van der Waals surface area contributed by atoms with Gasteiger partial charge in [0, 0.05) is 13.3 Å². The Morgan fingerprint density at radius 2 is 1.28 bits per heavy atom. The van der Waals surface area contributed by atoms with E-state index in [4.69, 9.17) is 0 Å². The molecular formula is C22H45N2O+. The minimum Gasteiger partial charge on any atom is -0.337 e. The molecule has 0 aromatic carbocycles. The monoisotopic (exact) mass is 353 g/mol. The standard InChI is InChI=1S/C22H45N2O/c1-3-4-5-6-7-8-9-10-11-12-13-14-15-16-17-18-22-23-19-20-24(22)21(2)25/h20-23,25H,3-19H2,1-2H3/q+1. The molecule has 0 aromatic heterocycles. The molecule has 1 heterocycles. The highest BCUT2D eigenvalue weighted by atomic mass is 16.3. The van der Waals surface area contributed by atoms with Crippen LogP contribution in [0.25, 0.3) is 0 Å². The van der Waals surface area contributed by atoms with Gasteiger partial charge in [0.2, 0.25) is 6.17 Å². The number of nitrogens with one attached hydrogen (secondary N) is 1. The summed E-state index contributed by atoms with van der Waals surface area (Å²) in [6.07, 6.45) is 24.4. The second kappa shape index (κ2) is 15.8. The predicted octanol–water partition coefficient (Wildman–Crippen LogP) is 5.60.